The van der Waals surface area contributed by atoms with E-state index in [1.54, 1.807) is 6.92 Å². The van der Waals surface area contributed by atoms with Crippen LogP contribution < -0.4 is 11.1 Å². The number of nitrogens with two attached hydrogens (primary N) is 1. The topological polar surface area (TPSA) is 68.0 Å². The van der Waals surface area contributed by atoms with E-state index in [0.29, 0.717) is 11.0 Å². The Bertz CT molecular complexity index is 698. The Morgan fingerprint density at radius 3 is 2.78 bits per heavy atom. The molecule has 1 aromatic carbocycles. The SMILES string of the molecule is C[C@@H](N)C(=O)Nc1nc(C2CC2)c(Cc2ccccc2Cl)s1.Cl. The third-order valence-corrected chi connectivity index (χ3v) is 5.00. The molecule has 7 heteroatoms. The second-order valence-corrected chi connectivity index (χ2v) is 7.14. The van der Waals surface area contributed by atoms with Crippen molar-refractivity contribution >= 4 is 46.4 Å². The molecule has 1 saturated carbocycles. The van der Waals surface area contributed by atoms with Crippen molar-refractivity contribution in [2.24, 2.45) is 5.73 Å². The Kier molecular flexibility index (Phi) is 6.03. The van der Waals surface area contributed by atoms with E-state index < -0.39 is 6.04 Å². The van der Waals surface area contributed by atoms with E-state index in [1.165, 1.54) is 29.1 Å². The summed E-state index contributed by atoms with van der Waals surface area (Å²) < 4.78 is 0. The van der Waals surface area contributed by atoms with Crippen molar-refractivity contribution in [1.29, 1.82) is 0 Å². The van der Waals surface area contributed by atoms with Crippen LogP contribution >= 0.6 is 35.3 Å². The number of amides is 1. The number of halogens is 2. The number of hydrogen-bond donors (Lipinski definition) is 2. The summed E-state index contributed by atoms with van der Waals surface area (Å²) in [5.41, 5.74) is 7.78. The van der Waals surface area contributed by atoms with E-state index >= 15 is 0 Å². The molecule has 4 nitrogen and oxygen atoms in total. The molecule has 0 aliphatic heterocycles. The Labute approximate surface area is 150 Å². The van der Waals surface area contributed by atoms with Gasteiger partial charge in [0.25, 0.3) is 0 Å². The molecule has 124 valence electrons. The third kappa shape index (κ3) is 4.44. The monoisotopic (exact) mass is 371 g/mol. The van der Waals surface area contributed by atoms with Crippen molar-refractivity contribution in [2.75, 3.05) is 5.32 Å². The molecule has 2 aromatic rings. The number of nitrogens with zero attached hydrogens (tertiary/aromatic N) is 1. The highest BCUT2D eigenvalue weighted by atomic mass is 35.5. The molecule has 1 aliphatic rings. The van der Waals surface area contributed by atoms with Gasteiger partial charge in [0, 0.05) is 22.2 Å². The van der Waals surface area contributed by atoms with Crippen LogP contribution in [0.4, 0.5) is 5.13 Å². The van der Waals surface area contributed by atoms with Gasteiger partial charge in [0.1, 0.15) is 0 Å². The number of hydrogen-bond acceptors (Lipinski definition) is 4. The molecule has 1 atom stereocenters. The standard InChI is InChI=1S/C16H18ClN3OS.ClH/c1-9(18)15(21)20-16-19-14(10-6-7-10)13(22-16)8-11-4-2-3-5-12(11)17;/h2-5,9-10H,6-8,18H2,1H3,(H,19,20,21);1H/t9-;/m1./s1. The number of carbonyl (C=O) groups excluding carboxylic acids is 1. The molecule has 1 aromatic heterocycles. The molecule has 23 heavy (non-hydrogen) atoms. The number of nitrogens with one attached hydrogen (secondary N) is 1. The van der Waals surface area contributed by atoms with Crippen molar-refractivity contribution in [1.82, 2.24) is 4.98 Å². The van der Waals surface area contributed by atoms with Gasteiger partial charge < -0.3 is 11.1 Å². The summed E-state index contributed by atoms with van der Waals surface area (Å²) in [5.74, 6) is 0.315. The van der Waals surface area contributed by atoms with Gasteiger partial charge in [-0.25, -0.2) is 4.98 Å². The van der Waals surface area contributed by atoms with E-state index in [1.807, 2.05) is 24.3 Å². The first-order valence-corrected chi connectivity index (χ1v) is 8.53. The molecule has 1 heterocycles. The van der Waals surface area contributed by atoms with E-state index in [0.717, 1.165) is 22.7 Å². The zero-order chi connectivity index (χ0) is 15.7. The van der Waals surface area contributed by atoms with Crippen LogP contribution in [-0.4, -0.2) is 16.9 Å². The Balaban J connectivity index is 0.00000192. The van der Waals surface area contributed by atoms with Gasteiger partial charge >= 0.3 is 0 Å². The first-order chi connectivity index (χ1) is 10.5. The molecule has 1 fully saturated rings. The van der Waals surface area contributed by atoms with Gasteiger partial charge in [-0.1, -0.05) is 29.8 Å². The molecule has 1 amide bonds. The van der Waals surface area contributed by atoms with Crippen LogP contribution in [0.1, 0.15) is 41.8 Å². The smallest absolute Gasteiger partial charge is 0.242 e. The zero-order valence-corrected chi connectivity index (χ0v) is 15.1. The summed E-state index contributed by atoms with van der Waals surface area (Å²) in [6.07, 6.45) is 3.08. The van der Waals surface area contributed by atoms with Gasteiger partial charge in [0.05, 0.1) is 11.7 Å². The fraction of sp³-hybridized carbons (Fsp3) is 0.375. The maximum Gasteiger partial charge on any atom is 0.242 e. The second kappa shape index (κ2) is 7.62. The maximum absolute atomic E-state index is 11.7. The Morgan fingerprint density at radius 1 is 1.48 bits per heavy atom. The number of anilines is 1. The van der Waals surface area contributed by atoms with Crippen LogP contribution in [-0.2, 0) is 11.2 Å². The van der Waals surface area contributed by atoms with Gasteiger partial charge in [-0.2, -0.15) is 0 Å². The van der Waals surface area contributed by atoms with E-state index in [2.05, 4.69) is 10.3 Å². The summed E-state index contributed by atoms with van der Waals surface area (Å²) in [4.78, 5) is 17.5. The molecule has 0 unspecified atom stereocenters. The number of benzene rings is 1. The van der Waals surface area contributed by atoms with E-state index in [4.69, 9.17) is 17.3 Å². The normalized spacial score (nSPS) is 14.9. The minimum Gasteiger partial charge on any atom is -0.320 e. The lowest BCUT2D eigenvalue weighted by Gasteiger charge is -2.03. The highest BCUT2D eigenvalue weighted by Crippen LogP contribution is 2.44. The fourth-order valence-corrected chi connectivity index (χ4v) is 3.53. The zero-order valence-electron chi connectivity index (χ0n) is 12.7. The number of rotatable bonds is 5. The molecular weight excluding hydrogens is 353 g/mol. The van der Waals surface area contributed by atoms with E-state index in [9.17, 15) is 4.79 Å². The van der Waals surface area contributed by atoms with Crippen LogP contribution in [0.5, 0.6) is 0 Å². The molecule has 0 radical (unpaired) electrons. The van der Waals surface area contributed by atoms with Gasteiger partial charge in [-0.3, -0.25) is 4.79 Å². The number of thiazole rings is 1. The van der Waals surface area contributed by atoms with E-state index in [-0.39, 0.29) is 18.3 Å². The van der Waals surface area contributed by atoms with Gasteiger partial charge in [0.2, 0.25) is 5.91 Å². The molecular formula is C16H19Cl2N3OS. The van der Waals surface area contributed by atoms with Gasteiger partial charge in [0.15, 0.2) is 5.13 Å². The lowest BCUT2D eigenvalue weighted by atomic mass is 10.1. The van der Waals surface area contributed by atoms with Crippen LogP contribution in [0.2, 0.25) is 5.02 Å². The lowest BCUT2D eigenvalue weighted by Crippen LogP contribution is -2.32. The Morgan fingerprint density at radius 2 is 2.17 bits per heavy atom. The summed E-state index contributed by atoms with van der Waals surface area (Å²) in [5, 5.41) is 4.19. The van der Waals surface area contributed by atoms with Crippen molar-refractivity contribution in [3.05, 3.63) is 45.4 Å². The average Bonchev–Trinajstić information content (AvgIpc) is 3.24. The van der Waals surface area contributed by atoms with Crippen LogP contribution in [0.15, 0.2) is 24.3 Å². The lowest BCUT2D eigenvalue weighted by molar-refractivity contribution is -0.117. The highest BCUT2D eigenvalue weighted by molar-refractivity contribution is 7.15. The molecule has 0 saturated heterocycles. The number of aromatic nitrogens is 1. The quantitative estimate of drug-likeness (QED) is 0.835. The summed E-state index contributed by atoms with van der Waals surface area (Å²) in [6.45, 7) is 1.66. The summed E-state index contributed by atoms with van der Waals surface area (Å²) in [7, 11) is 0. The third-order valence-electron chi connectivity index (χ3n) is 3.64. The first-order valence-electron chi connectivity index (χ1n) is 7.34. The molecule has 3 rings (SSSR count). The van der Waals surface area contributed by atoms with Crippen LogP contribution in [0.3, 0.4) is 0 Å². The summed E-state index contributed by atoms with van der Waals surface area (Å²) >= 11 is 7.77. The van der Waals surface area contributed by atoms with Crippen LogP contribution in [0.25, 0.3) is 0 Å². The maximum atomic E-state index is 11.7. The first kappa shape index (κ1) is 18.2. The second-order valence-electron chi connectivity index (χ2n) is 5.65. The van der Waals surface area contributed by atoms with Crippen LogP contribution in [0, 0.1) is 0 Å². The highest BCUT2D eigenvalue weighted by Gasteiger charge is 2.30. The minimum absolute atomic E-state index is 0. The molecule has 1 aliphatic carbocycles. The van der Waals surface area contributed by atoms with Gasteiger partial charge in [-0.05, 0) is 31.4 Å². The molecule has 0 bridgehead atoms. The molecule has 0 spiro atoms. The molecule has 3 N–H and O–H groups in total. The number of carbonyl (C=O) groups is 1. The fourth-order valence-electron chi connectivity index (χ4n) is 2.25. The van der Waals surface area contributed by atoms with Crippen molar-refractivity contribution in [3.63, 3.8) is 0 Å². The summed E-state index contributed by atoms with van der Waals surface area (Å²) in [6, 6.07) is 7.29. The predicted octanol–water partition coefficient (Wildman–Crippen LogP) is 3.97. The van der Waals surface area contributed by atoms with Gasteiger partial charge in [-0.15, -0.1) is 23.7 Å². The van der Waals surface area contributed by atoms with Crippen molar-refractivity contribution in [3.8, 4) is 0 Å². The Hall–Kier alpha value is -1.14. The average molecular weight is 372 g/mol. The largest absolute Gasteiger partial charge is 0.320 e. The van der Waals surface area contributed by atoms with Crippen molar-refractivity contribution in [2.45, 2.75) is 38.1 Å². The predicted molar refractivity (Wildman–Crippen MR) is 97.9 cm³/mol. The van der Waals surface area contributed by atoms with Crippen molar-refractivity contribution < 1.29 is 4.79 Å². The minimum atomic E-state index is -0.541.